The zero-order valence-electron chi connectivity index (χ0n) is 11.0. The standard InChI is InChI=1S/C12H18N2O4S/c1-12(4-3-5-12)8-13-19(17,18)9-6-10(11(15)16)14(2)7-9/h6-7,13H,3-5,8H2,1-2H3,(H,15,16). The second-order valence-corrected chi connectivity index (χ2v) is 7.23. The van der Waals surface area contributed by atoms with Crippen LogP contribution in [0.3, 0.4) is 0 Å². The minimum Gasteiger partial charge on any atom is -0.477 e. The normalized spacial score (nSPS) is 18.0. The topological polar surface area (TPSA) is 88.4 Å². The minimum atomic E-state index is -3.64. The van der Waals surface area contributed by atoms with Crippen molar-refractivity contribution in [2.24, 2.45) is 12.5 Å². The number of aromatic carboxylic acids is 1. The van der Waals surface area contributed by atoms with E-state index in [2.05, 4.69) is 4.72 Å². The highest BCUT2D eigenvalue weighted by Crippen LogP contribution is 2.39. The summed E-state index contributed by atoms with van der Waals surface area (Å²) in [6, 6.07) is 1.17. The van der Waals surface area contributed by atoms with E-state index in [9.17, 15) is 13.2 Å². The van der Waals surface area contributed by atoms with E-state index < -0.39 is 16.0 Å². The number of sulfonamides is 1. The summed E-state index contributed by atoms with van der Waals surface area (Å²) in [5, 5.41) is 8.91. The van der Waals surface area contributed by atoms with Crippen LogP contribution in [0.5, 0.6) is 0 Å². The van der Waals surface area contributed by atoms with Crippen LogP contribution in [0.25, 0.3) is 0 Å². The Balaban J connectivity index is 2.15. The number of carbonyl (C=O) groups is 1. The van der Waals surface area contributed by atoms with E-state index in [1.165, 1.54) is 23.9 Å². The van der Waals surface area contributed by atoms with E-state index in [1.54, 1.807) is 0 Å². The fourth-order valence-electron chi connectivity index (χ4n) is 2.20. The zero-order chi connectivity index (χ0) is 14.3. The molecule has 7 heteroatoms. The average molecular weight is 286 g/mol. The summed E-state index contributed by atoms with van der Waals surface area (Å²) in [5.74, 6) is -1.14. The summed E-state index contributed by atoms with van der Waals surface area (Å²) in [7, 11) is -2.13. The van der Waals surface area contributed by atoms with Crippen molar-refractivity contribution in [3.05, 3.63) is 18.0 Å². The summed E-state index contributed by atoms with van der Waals surface area (Å²) in [5.41, 5.74) is -0.00692. The van der Waals surface area contributed by atoms with Gasteiger partial charge in [-0.05, 0) is 24.3 Å². The minimum absolute atomic E-state index is 0.00433. The molecule has 1 fully saturated rings. The maximum absolute atomic E-state index is 12.1. The predicted octanol–water partition coefficient (Wildman–Crippen LogP) is 1.19. The molecule has 0 saturated heterocycles. The average Bonchev–Trinajstić information content (AvgIpc) is 2.67. The Hall–Kier alpha value is -1.34. The molecule has 0 bridgehead atoms. The summed E-state index contributed by atoms with van der Waals surface area (Å²) in [6.45, 7) is 2.44. The van der Waals surface area contributed by atoms with Gasteiger partial charge in [-0.15, -0.1) is 0 Å². The van der Waals surface area contributed by atoms with Crippen molar-refractivity contribution in [1.29, 1.82) is 0 Å². The van der Waals surface area contributed by atoms with E-state index in [4.69, 9.17) is 5.11 Å². The van der Waals surface area contributed by atoms with Crippen LogP contribution >= 0.6 is 0 Å². The van der Waals surface area contributed by atoms with E-state index in [-0.39, 0.29) is 16.0 Å². The van der Waals surface area contributed by atoms with Crippen LogP contribution in [0.15, 0.2) is 17.2 Å². The van der Waals surface area contributed by atoms with Crippen LogP contribution in [0.4, 0.5) is 0 Å². The number of aryl methyl sites for hydroxylation is 1. The first-order valence-electron chi connectivity index (χ1n) is 6.13. The highest BCUT2D eigenvalue weighted by atomic mass is 32.2. The quantitative estimate of drug-likeness (QED) is 0.851. The number of nitrogens with zero attached hydrogens (tertiary/aromatic N) is 1. The van der Waals surface area contributed by atoms with Crippen LogP contribution in [-0.2, 0) is 17.1 Å². The van der Waals surface area contributed by atoms with Crippen LogP contribution in [0.1, 0.15) is 36.7 Å². The van der Waals surface area contributed by atoms with Crippen LogP contribution in [0, 0.1) is 5.41 Å². The van der Waals surface area contributed by atoms with Crippen molar-refractivity contribution in [2.45, 2.75) is 31.1 Å². The first-order valence-corrected chi connectivity index (χ1v) is 7.61. The van der Waals surface area contributed by atoms with Gasteiger partial charge in [-0.25, -0.2) is 17.9 Å². The Kier molecular flexibility index (Phi) is 3.44. The first-order chi connectivity index (χ1) is 8.73. The highest BCUT2D eigenvalue weighted by Gasteiger charge is 2.33. The summed E-state index contributed by atoms with van der Waals surface area (Å²) in [6.07, 6.45) is 4.48. The first kappa shape index (κ1) is 14.1. The van der Waals surface area contributed by atoms with Gasteiger partial charge in [0.25, 0.3) is 0 Å². The van der Waals surface area contributed by atoms with Crippen molar-refractivity contribution >= 4 is 16.0 Å². The molecule has 1 heterocycles. The fourth-order valence-corrected chi connectivity index (χ4v) is 3.47. The van der Waals surface area contributed by atoms with Crippen molar-refractivity contribution in [1.82, 2.24) is 9.29 Å². The molecular weight excluding hydrogens is 268 g/mol. The molecule has 0 amide bonds. The third-order valence-corrected chi connectivity index (χ3v) is 5.13. The Morgan fingerprint density at radius 3 is 2.58 bits per heavy atom. The van der Waals surface area contributed by atoms with Crippen molar-refractivity contribution in [3.63, 3.8) is 0 Å². The fraction of sp³-hybridized carbons (Fsp3) is 0.583. The molecule has 0 aliphatic heterocycles. The number of carboxylic acid groups (broad SMARTS) is 1. The van der Waals surface area contributed by atoms with Crippen molar-refractivity contribution in [3.8, 4) is 0 Å². The molecule has 0 unspecified atom stereocenters. The highest BCUT2D eigenvalue weighted by molar-refractivity contribution is 7.89. The van der Waals surface area contributed by atoms with E-state index in [0.29, 0.717) is 6.54 Å². The van der Waals surface area contributed by atoms with Gasteiger partial charge in [0, 0.05) is 19.8 Å². The van der Waals surface area contributed by atoms with Gasteiger partial charge in [-0.2, -0.15) is 0 Å². The van der Waals surface area contributed by atoms with Crippen molar-refractivity contribution < 1.29 is 18.3 Å². The molecule has 19 heavy (non-hydrogen) atoms. The third-order valence-electron chi connectivity index (χ3n) is 3.76. The molecule has 1 aliphatic rings. The number of aromatic nitrogens is 1. The maximum Gasteiger partial charge on any atom is 0.352 e. The summed E-state index contributed by atoms with van der Waals surface area (Å²) < 4.78 is 28.0. The van der Waals surface area contributed by atoms with Crippen LogP contribution in [-0.4, -0.2) is 30.6 Å². The molecule has 2 rings (SSSR count). The van der Waals surface area contributed by atoms with Crippen molar-refractivity contribution in [2.75, 3.05) is 6.54 Å². The van der Waals surface area contributed by atoms with Gasteiger partial charge >= 0.3 is 5.97 Å². The van der Waals surface area contributed by atoms with Gasteiger partial charge in [0.2, 0.25) is 10.0 Å². The van der Waals surface area contributed by atoms with Gasteiger partial charge < -0.3 is 9.67 Å². The molecule has 0 spiro atoms. The third kappa shape index (κ3) is 2.82. The molecular formula is C12H18N2O4S. The largest absolute Gasteiger partial charge is 0.477 e. The molecule has 0 radical (unpaired) electrons. The number of nitrogens with one attached hydrogen (secondary N) is 1. The van der Waals surface area contributed by atoms with E-state index >= 15 is 0 Å². The van der Waals surface area contributed by atoms with E-state index in [0.717, 1.165) is 19.3 Å². The smallest absolute Gasteiger partial charge is 0.352 e. The zero-order valence-corrected chi connectivity index (χ0v) is 11.8. The summed E-state index contributed by atoms with van der Waals surface area (Å²) in [4.78, 5) is 10.9. The predicted molar refractivity (Wildman–Crippen MR) is 69.5 cm³/mol. The van der Waals surface area contributed by atoms with Gasteiger partial charge in [0.05, 0.1) is 0 Å². The summed E-state index contributed by atoms with van der Waals surface area (Å²) >= 11 is 0. The molecule has 2 N–H and O–H groups in total. The number of hydrogen-bond acceptors (Lipinski definition) is 3. The lowest BCUT2D eigenvalue weighted by Gasteiger charge is -2.38. The van der Waals surface area contributed by atoms with Crippen LogP contribution in [0.2, 0.25) is 0 Å². The van der Waals surface area contributed by atoms with Gasteiger partial charge in [-0.1, -0.05) is 13.3 Å². The lowest BCUT2D eigenvalue weighted by atomic mass is 9.71. The SMILES string of the molecule is Cn1cc(S(=O)(=O)NCC2(C)CCC2)cc1C(=O)O. The lowest BCUT2D eigenvalue weighted by Crippen LogP contribution is -2.39. The molecule has 1 saturated carbocycles. The Morgan fingerprint density at radius 2 is 2.16 bits per heavy atom. The molecule has 0 atom stereocenters. The lowest BCUT2D eigenvalue weighted by molar-refractivity contribution is 0.0686. The Bertz CT molecular complexity index is 599. The molecule has 106 valence electrons. The molecule has 6 nitrogen and oxygen atoms in total. The number of carboxylic acids is 1. The molecule has 1 aromatic rings. The number of rotatable bonds is 5. The Labute approximate surface area is 112 Å². The van der Waals surface area contributed by atoms with Gasteiger partial charge in [0.1, 0.15) is 10.6 Å². The monoisotopic (exact) mass is 286 g/mol. The molecule has 0 aromatic carbocycles. The van der Waals surface area contributed by atoms with Gasteiger partial charge in [-0.3, -0.25) is 0 Å². The second kappa shape index (κ2) is 4.64. The van der Waals surface area contributed by atoms with Crippen LogP contribution < -0.4 is 4.72 Å². The maximum atomic E-state index is 12.1. The van der Waals surface area contributed by atoms with Gasteiger partial charge in [0.15, 0.2) is 0 Å². The molecule has 1 aliphatic carbocycles. The number of hydrogen-bond donors (Lipinski definition) is 2. The molecule has 1 aromatic heterocycles. The second-order valence-electron chi connectivity index (χ2n) is 5.47. The van der Waals surface area contributed by atoms with E-state index in [1.807, 2.05) is 6.92 Å². The Morgan fingerprint density at radius 1 is 1.53 bits per heavy atom.